The van der Waals surface area contributed by atoms with Gasteiger partial charge in [-0.1, -0.05) is 50.1 Å². The van der Waals surface area contributed by atoms with Crippen LogP contribution in [0.15, 0.2) is 49.1 Å². The molecule has 1 atom stereocenters. The van der Waals surface area contributed by atoms with Gasteiger partial charge in [-0.15, -0.1) is 6.58 Å². The van der Waals surface area contributed by atoms with Crippen molar-refractivity contribution in [3.8, 4) is 0 Å². The standard InChI is InChI=1S/C23H34N2/c1-5-8-11-22(24-4)21-15-12-19(16-18(9-6-2)10-7-3)17-23(21)25-20-13-14-20/h5-6,8,11-12,15,17-18,20,24-25H,2,7,9-10,13-14,16H2,1,3-4H3/b8-5+,22-11-. The monoisotopic (exact) mass is 338 g/mol. The summed E-state index contributed by atoms with van der Waals surface area (Å²) in [6.07, 6.45) is 15.7. The molecule has 0 radical (unpaired) electrons. The maximum Gasteiger partial charge on any atom is 0.0439 e. The van der Waals surface area contributed by atoms with E-state index in [1.165, 1.54) is 42.5 Å². The van der Waals surface area contributed by atoms with Crippen LogP contribution in [0.5, 0.6) is 0 Å². The van der Waals surface area contributed by atoms with E-state index in [0.29, 0.717) is 12.0 Å². The predicted octanol–water partition coefficient (Wildman–Crippen LogP) is 5.93. The molecule has 0 aromatic heterocycles. The zero-order chi connectivity index (χ0) is 18.1. The molecular weight excluding hydrogens is 304 g/mol. The minimum Gasteiger partial charge on any atom is -0.388 e. The summed E-state index contributed by atoms with van der Waals surface area (Å²) < 4.78 is 0. The minimum absolute atomic E-state index is 0.647. The number of nitrogens with one attached hydrogen (secondary N) is 2. The van der Waals surface area contributed by atoms with Crippen LogP contribution in [0.1, 0.15) is 57.1 Å². The molecule has 1 fully saturated rings. The molecule has 1 aromatic rings. The van der Waals surface area contributed by atoms with Crippen LogP contribution in [0.3, 0.4) is 0 Å². The summed E-state index contributed by atoms with van der Waals surface area (Å²) in [7, 11) is 1.99. The number of allylic oxidation sites excluding steroid dienone is 4. The van der Waals surface area contributed by atoms with Gasteiger partial charge in [0.1, 0.15) is 0 Å². The van der Waals surface area contributed by atoms with Gasteiger partial charge in [-0.2, -0.15) is 0 Å². The fourth-order valence-electron chi connectivity index (χ4n) is 3.30. The molecule has 1 aliphatic carbocycles. The molecule has 1 aromatic carbocycles. The fraction of sp³-hybridized carbons (Fsp3) is 0.478. The highest BCUT2D eigenvalue weighted by atomic mass is 15.0. The second-order valence-electron chi connectivity index (χ2n) is 7.04. The van der Waals surface area contributed by atoms with E-state index in [4.69, 9.17) is 0 Å². The number of hydrogen-bond acceptors (Lipinski definition) is 2. The topological polar surface area (TPSA) is 24.1 Å². The molecule has 2 N–H and O–H groups in total. The molecule has 0 saturated heterocycles. The van der Waals surface area contributed by atoms with Crippen LogP contribution in [-0.2, 0) is 6.42 Å². The van der Waals surface area contributed by atoms with Gasteiger partial charge in [0.15, 0.2) is 0 Å². The van der Waals surface area contributed by atoms with E-state index in [2.05, 4.69) is 66.6 Å². The van der Waals surface area contributed by atoms with E-state index in [0.717, 1.165) is 18.5 Å². The number of hydrogen-bond donors (Lipinski definition) is 2. The summed E-state index contributed by atoms with van der Waals surface area (Å²) in [5, 5.41) is 7.07. The summed E-state index contributed by atoms with van der Waals surface area (Å²) in [5.41, 5.74) is 5.10. The Labute approximate surface area is 154 Å². The van der Waals surface area contributed by atoms with Gasteiger partial charge in [0.25, 0.3) is 0 Å². The van der Waals surface area contributed by atoms with Crippen molar-refractivity contribution in [2.24, 2.45) is 5.92 Å². The smallest absolute Gasteiger partial charge is 0.0439 e. The average molecular weight is 339 g/mol. The molecule has 1 unspecified atom stereocenters. The number of benzene rings is 1. The average Bonchev–Trinajstić information content (AvgIpc) is 3.41. The molecule has 2 nitrogen and oxygen atoms in total. The molecule has 0 spiro atoms. The first-order chi connectivity index (χ1) is 12.2. The summed E-state index contributed by atoms with van der Waals surface area (Å²) in [6, 6.07) is 7.57. The lowest BCUT2D eigenvalue weighted by Gasteiger charge is -2.18. The van der Waals surface area contributed by atoms with Crippen molar-refractivity contribution < 1.29 is 0 Å². The third-order valence-corrected chi connectivity index (χ3v) is 4.76. The molecule has 0 aliphatic heterocycles. The summed E-state index contributed by atoms with van der Waals surface area (Å²) in [4.78, 5) is 0. The van der Waals surface area contributed by atoms with Gasteiger partial charge in [0.2, 0.25) is 0 Å². The van der Waals surface area contributed by atoms with E-state index in [9.17, 15) is 0 Å². The first-order valence-electron chi connectivity index (χ1n) is 9.73. The molecule has 1 aliphatic rings. The summed E-state index contributed by atoms with van der Waals surface area (Å²) in [5.74, 6) is 0.699. The molecule has 0 bridgehead atoms. The van der Waals surface area contributed by atoms with Crippen LogP contribution in [0.25, 0.3) is 5.70 Å². The summed E-state index contributed by atoms with van der Waals surface area (Å²) >= 11 is 0. The van der Waals surface area contributed by atoms with E-state index in [1.54, 1.807) is 0 Å². The van der Waals surface area contributed by atoms with Crippen molar-refractivity contribution in [1.29, 1.82) is 0 Å². The SMILES string of the molecule is C=CCC(CCC)Cc1ccc(/C(=C/C=C/C)NC)c(NC2CC2)c1. The fourth-order valence-corrected chi connectivity index (χ4v) is 3.30. The Balaban J connectivity index is 2.27. The Morgan fingerprint density at radius 1 is 1.36 bits per heavy atom. The van der Waals surface area contributed by atoms with E-state index >= 15 is 0 Å². The molecule has 25 heavy (non-hydrogen) atoms. The Morgan fingerprint density at radius 3 is 2.76 bits per heavy atom. The Hall–Kier alpha value is -1.96. The molecular formula is C23H34N2. The van der Waals surface area contributed by atoms with Gasteiger partial charge in [0, 0.05) is 30.0 Å². The van der Waals surface area contributed by atoms with Gasteiger partial charge >= 0.3 is 0 Å². The lowest BCUT2D eigenvalue weighted by atomic mass is 9.91. The molecule has 136 valence electrons. The third kappa shape index (κ3) is 6.12. The van der Waals surface area contributed by atoms with Crippen LogP contribution in [0, 0.1) is 5.92 Å². The van der Waals surface area contributed by atoms with Crippen molar-refractivity contribution in [3.63, 3.8) is 0 Å². The molecule has 1 saturated carbocycles. The highest BCUT2D eigenvalue weighted by molar-refractivity contribution is 5.77. The van der Waals surface area contributed by atoms with Gasteiger partial charge in [-0.3, -0.25) is 0 Å². The van der Waals surface area contributed by atoms with Crippen LogP contribution < -0.4 is 10.6 Å². The van der Waals surface area contributed by atoms with Crippen molar-refractivity contribution in [2.45, 2.75) is 58.4 Å². The van der Waals surface area contributed by atoms with Gasteiger partial charge < -0.3 is 10.6 Å². The minimum atomic E-state index is 0.647. The van der Waals surface area contributed by atoms with E-state index in [-0.39, 0.29) is 0 Å². The molecule has 2 rings (SSSR count). The highest BCUT2D eigenvalue weighted by Gasteiger charge is 2.22. The third-order valence-electron chi connectivity index (χ3n) is 4.76. The van der Waals surface area contributed by atoms with Gasteiger partial charge in [-0.05, 0) is 56.2 Å². The number of anilines is 1. The largest absolute Gasteiger partial charge is 0.388 e. The Morgan fingerprint density at radius 2 is 2.16 bits per heavy atom. The van der Waals surface area contributed by atoms with Crippen LogP contribution >= 0.6 is 0 Å². The highest BCUT2D eigenvalue weighted by Crippen LogP contribution is 2.31. The first-order valence-corrected chi connectivity index (χ1v) is 9.73. The van der Waals surface area contributed by atoms with E-state index < -0.39 is 0 Å². The Bertz CT molecular complexity index is 609. The Kier molecular flexibility index (Phi) is 7.84. The van der Waals surface area contributed by atoms with Crippen molar-refractivity contribution in [2.75, 3.05) is 12.4 Å². The summed E-state index contributed by atoms with van der Waals surface area (Å²) in [6.45, 7) is 8.25. The zero-order valence-electron chi connectivity index (χ0n) is 16.1. The van der Waals surface area contributed by atoms with Crippen LogP contribution in [0.4, 0.5) is 5.69 Å². The molecule has 0 heterocycles. The lowest BCUT2D eigenvalue weighted by molar-refractivity contribution is 0.483. The second-order valence-corrected chi connectivity index (χ2v) is 7.04. The van der Waals surface area contributed by atoms with Crippen molar-refractivity contribution in [1.82, 2.24) is 5.32 Å². The van der Waals surface area contributed by atoms with Gasteiger partial charge in [-0.25, -0.2) is 0 Å². The van der Waals surface area contributed by atoms with Crippen molar-refractivity contribution >= 4 is 11.4 Å². The normalized spacial score (nSPS) is 16.0. The maximum atomic E-state index is 3.93. The number of rotatable bonds is 11. The van der Waals surface area contributed by atoms with E-state index in [1.807, 2.05) is 14.0 Å². The van der Waals surface area contributed by atoms with Gasteiger partial charge in [0.05, 0.1) is 0 Å². The maximum absolute atomic E-state index is 3.93. The zero-order valence-corrected chi connectivity index (χ0v) is 16.1. The quantitative estimate of drug-likeness (QED) is 0.386. The second kappa shape index (κ2) is 10.1. The first kappa shape index (κ1) is 19.4. The molecule has 0 amide bonds. The predicted molar refractivity (Wildman–Crippen MR) is 112 cm³/mol. The van der Waals surface area contributed by atoms with Crippen LogP contribution in [0.2, 0.25) is 0 Å². The van der Waals surface area contributed by atoms with Crippen molar-refractivity contribution in [3.05, 3.63) is 60.2 Å². The van der Waals surface area contributed by atoms with Crippen LogP contribution in [-0.4, -0.2) is 13.1 Å². The molecule has 2 heteroatoms. The lowest BCUT2D eigenvalue weighted by Crippen LogP contribution is -2.11.